The smallest absolute Gasteiger partial charge is 0.223 e. The third kappa shape index (κ3) is 7.90. The molecule has 186 valence electrons. The second kappa shape index (κ2) is 12.6. The minimum atomic E-state index is -0.905. The molecule has 3 atom stereocenters. The molecule has 34 heavy (non-hydrogen) atoms. The number of hydrogen-bond acceptors (Lipinski definition) is 7. The van der Waals surface area contributed by atoms with Gasteiger partial charge in [0.2, 0.25) is 5.91 Å². The van der Waals surface area contributed by atoms with Gasteiger partial charge in [-0.2, -0.15) is 0 Å². The van der Waals surface area contributed by atoms with E-state index < -0.39 is 12.1 Å². The van der Waals surface area contributed by atoms with Crippen molar-refractivity contribution in [2.45, 2.75) is 51.0 Å². The first-order valence-corrected chi connectivity index (χ1v) is 11.8. The van der Waals surface area contributed by atoms with E-state index in [1.165, 1.54) is 0 Å². The van der Waals surface area contributed by atoms with Crippen LogP contribution in [-0.4, -0.2) is 72.6 Å². The molecule has 2 aromatic rings. The molecule has 2 aromatic carbocycles. The van der Waals surface area contributed by atoms with Crippen molar-refractivity contribution in [3.05, 3.63) is 54.1 Å². The van der Waals surface area contributed by atoms with E-state index in [0.717, 1.165) is 18.0 Å². The summed E-state index contributed by atoms with van der Waals surface area (Å²) in [5.74, 6) is 1.90. The van der Waals surface area contributed by atoms with E-state index in [1.807, 2.05) is 38.1 Å². The summed E-state index contributed by atoms with van der Waals surface area (Å²) < 4.78 is 16.5. The van der Waals surface area contributed by atoms with E-state index in [1.54, 1.807) is 31.4 Å². The van der Waals surface area contributed by atoms with E-state index in [9.17, 15) is 15.0 Å². The number of hydrogen-bond donors (Lipinski definition) is 3. The molecule has 0 unspecified atom stereocenters. The minimum absolute atomic E-state index is 0.0598. The van der Waals surface area contributed by atoms with Gasteiger partial charge in [-0.05, 0) is 62.2 Å². The minimum Gasteiger partial charge on any atom is -0.497 e. The van der Waals surface area contributed by atoms with Crippen LogP contribution in [0.4, 0.5) is 0 Å². The number of amides is 1. The van der Waals surface area contributed by atoms with Crippen LogP contribution in [-0.2, 0) is 4.79 Å². The highest BCUT2D eigenvalue weighted by molar-refractivity contribution is 5.76. The van der Waals surface area contributed by atoms with Crippen molar-refractivity contribution in [3.63, 3.8) is 0 Å². The summed E-state index contributed by atoms with van der Waals surface area (Å²) in [7, 11) is 1.60. The Bertz CT molecular complexity index is 887. The van der Waals surface area contributed by atoms with E-state index in [-0.39, 0.29) is 31.1 Å². The van der Waals surface area contributed by atoms with Gasteiger partial charge in [-0.3, -0.25) is 9.69 Å². The van der Waals surface area contributed by atoms with Crippen molar-refractivity contribution in [1.29, 1.82) is 0 Å². The molecule has 3 N–H and O–H groups in total. The van der Waals surface area contributed by atoms with Crippen LogP contribution in [0.15, 0.2) is 48.5 Å². The Labute approximate surface area is 201 Å². The van der Waals surface area contributed by atoms with E-state index in [4.69, 9.17) is 14.2 Å². The van der Waals surface area contributed by atoms with Crippen molar-refractivity contribution >= 4 is 5.91 Å². The first kappa shape index (κ1) is 25.8. The number of rotatable bonds is 12. The molecule has 1 heterocycles. The zero-order valence-electron chi connectivity index (χ0n) is 20.1. The number of nitrogens with one attached hydrogen (secondary N) is 1. The van der Waals surface area contributed by atoms with Gasteiger partial charge < -0.3 is 29.7 Å². The number of carbonyl (C=O) groups is 1. The van der Waals surface area contributed by atoms with Crippen LogP contribution in [0.2, 0.25) is 0 Å². The van der Waals surface area contributed by atoms with Crippen molar-refractivity contribution in [3.8, 4) is 17.2 Å². The average Bonchev–Trinajstić information content (AvgIpc) is 3.23. The number of nitrogens with zero attached hydrogens (tertiary/aromatic N) is 1. The lowest BCUT2D eigenvalue weighted by atomic mass is 10.0. The van der Waals surface area contributed by atoms with Crippen LogP contribution < -0.4 is 19.5 Å². The quantitative estimate of drug-likeness (QED) is 0.436. The number of aliphatic hydroxyl groups excluding tert-OH is 2. The highest BCUT2D eigenvalue weighted by Gasteiger charge is 2.29. The molecule has 8 nitrogen and oxygen atoms in total. The molecule has 0 saturated carbocycles. The highest BCUT2D eigenvalue weighted by Crippen LogP contribution is 2.23. The lowest BCUT2D eigenvalue weighted by Gasteiger charge is -2.29. The van der Waals surface area contributed by atoms with Crippen molar-refractivity contribution in [2.75, 3.05) is 33.4 Å². The van der Waals surface area contributed by atoms with Crippen molar-refractivity contribution in [1.82, 2.24) is 10.2 Å². The van der Waals surface area contributed by atoms with Gasteiger partial charge in [0.05, 0.1) is 38.4 Å². The van der Waals surface area contributed by atoms with Crippen LogP contribution in [0.1, 0.15) is 38.4 Å². The Kier molecular flexibility index (Phi) is 9.56. The third-order valence-electron chi connectivity index (χ3n) is 5.68. The molecule has 0 bridgehead atoms. The molecule has 3 rings (SSSR count). The van der Waals surface area contributed by atoms with Crippen molar-refractivity contribution < 1.29 is 29.2 Å². The Hall–Kier alpha value is -2.81. The summed E-state index contributed by atoms with van der Waals surface area (Å²) in [6.07, 6.45) is -0.382. The van der Waals surface area contributed by atoms with Gasteiger partial charge in [-0.1, -0.05) is 12.1 Å². The second-order valence-corrected chi connectivity index (χ2v) is 8.83. The number of carbonyl (C=O) groups excluding carboxylic acids is 1. The molecule has 1 aliphatic heterocycles. The maximum absolute atomic E-state index is 12.7. The first-order valence-electron chi connectivity index (χ1n) is 11.8. The van der Waals surface area contributed by atoms with Gasteiger partial charge in [-0.25, -0.2) is 0 Å². The van der Waals surface area contributed by atoms with E-state index >= 15 is 0 Å². The van der Waals surface area contributed by atoms with E-state index in [0.29, 0.717) is 30.8 Å². The highest BCUT2D eigenvalue weighted by atomic mass is 16.5. The Morgan fingerprint density at radius 3 is 2.32 bits per heavy atom. The average molecular weight is 473 g/mol. The topological polar surface area (TPSA) is 100 Å². The van der Waals surface area contributed by atoms with Gasteiger partial charge in [0.25, 0.3) is 0 Å². The van der Waals surface area contributed by atoms with Gasteiger partial charge in [0.1, 0.15) is 23.4 Å². The lowest BCUT2D eigenvalue weighted by Crippen LogP contribution is -2.47. The zero-order chi connectivity index (χ0) is 24.5. The number of aliphatic hydroxyl groups is 2. The van der Waals surface area contributed by atoms with Gasteiger partial charge >= 0.3 is 0 Å². The van der Waals surface area contributed by atoms with Gasteiger partial charge in [0, 0.05) is 19.6 Å². The standard InChI is InChI=1S/C26H36N2O6/c1-18(2)34-23-6-4-19(5-7-23)26(31)24(17-28-14-12-20(29)16-28)27-25(30)13-15-33-22-10-8-21(32-3)9-11-22/h4-11,18,20,24,26,29,31H,12-17H2,1-3H3,(H,27,30)/t20-,24+,26+/m0/s1. The molecule has 0 spiro atoms. The zero-order valence-corrected chi connectivity index (χ0v) is 20.1. The van der Waals surface area contributed by atoms with Crippen LogP contribution in [0.3, 0.4) is 0 Å². The molecule has 0 aromatic heterocycles. The fraction of sp³-hybridized carbons (Fsp3) is 0.500. The number of benzene rings is 2. The summed E-state index contributed by atoms with van der Waals surface area (Å²) >= 11 is 0. The Morgan fingerprint density at radius 2 is 1.74 bits per heavy atom. The molecule has 1 fully saturated rings. The molecule has 1 saturated heterocycles. The summed E-state index contributed by atoms with van der Waals surface area (Å²) in [6, 6.07) is 13.9. The number of ether oxygens (including phenoxy) is 3. The monoisotopic (exact) mass is 472 g/mol. The summed E-state index contributed by atoms with van der Waals surface area (Å²) in [6.45, 7) is 5.81. The molecule has 1 aliphatic rings. The Balaban J connectivity index is 1.59. The summed E-state index contributed by atoms with van der Waals surface area (Å²) in [5.41, 5.74) is 0.690. The molecule has 0 aliphatic carbocycles. The first-order chi connectivity index (χ1) is 16.3. The Morgan fingerprint density at radius 1 is 1.09 bits per heavy atom. The second-order valence-electron chi connectivity index (χ2n) is 8.83. The molecular weight excluding hydrogens is 436 g/mol. The molecule has 8 heteroatoms. The fourth-order valence-electron chi connectivity index (χ4n) is 3.94. The normalized spacial score (nSPS) is 17.9. The van der Waals surface area contributed by atoms with Gasteiger partial charge in [-0.15, -0.1) is 0 Å². The van der Waals surface area contributed by atoms with Crippen LogP contribution >= 0.6 is 0 Å². The number of β-amino-alcohol motifs (C(OH)–C–C–N with tert-alkyl or cyclic N) is 1. The molecule has 0 radical (unpaired) electrons. The third-order valence-corrected chi connectivity index (χ3v) is 5.68. The predicted octanol–water partition coefficient (Wildman–Crippen LogP) is 2.54. The lowest BCUT2D eigenvalue weighted by molar-refractivity contribution is -0.123. The predicted molar refractivity (Wildman–Crippen MR) is 129 cm³/mol. The SMILES string of the molecule is COc1ccc(OCCC(=O)N[C@H](CN2CC[C@H](O)C2)[C@H](O)c2ccc(OC(C)C)cc2)cc1. The van der Waals surface area contributed by atoms with E-state index in [2.05, 4.69) is 10.2 Å². The summed E-state index contributed by atoms with van der Waals surface area (Å²) in [4.78, 5) is 14.7. The maximum atomic E-state index is 12.7. The van der Waals surface area contributed by atoms with Crippen molar-refractivity contribution in [2.24, 2.45) is 0 Å². The number of methoxy groups -OCH3 is 1. The van der Waals surface area contributed by atoms with Crippen LogP contribution in [0.5, 0.6) is 17.2 Å². The fourth-order valence-corrected chi connectivity index (χ4v) is 3.94. The van der Waals surface area contributed by atoms with Gasteiger partial charge in [0.15, 0.2) is 0 Å². The number of likely N-dealkylation sites (tertiary alicyclic amines) is 1. The molecular formula is C26H36N2O6. The van der Waals surface area contributed by atoms with Crippen LogP contribution in [0.25, 0.3) is 0 Å². The largest absolute Gasteiger partial charge is 0.497 e. The van der Waals surface area contributed by atoms with Crippen LogP contribution in [0, 0.1) is 0 Å². The molecule has 1 amide bonds. The maximum Gasteiger partial charge on any atom is 0.223 e. The summed E-state index contributed by atoms with van der Waals surface area (Å²) in [5, 5.41) is 23.9.